The Balaban J connectivity index is 2.23. The van der Waals surface area contributed by atoms with E-state index in [1.165, 1.54) is 4.88 Å². The third-order valence-corrected chi connectivity index (χ3v) is 4.54. The van der Waals surface area contributed by atoms with Crippen molar-refractivity contribution < 1.29 is 0 Å². The average molecular weight is 335 g/mol. The van der Waals surface area contributed by atoms with Gasteiger partial charge in [0.2, 0.25) is 0 Å². The van der Waals surface area contributed by atoms with Gasteiger partial charge in [-0.1, -0.05) is 19.9 Å². The number of hydrogen-bond acceptors (Lipinski definition) is 3. The third kappa shape index (κ3) is 3.37. The molecule has 1 atom stereocenters. The lowest BCUT2D eigenvalue weighted by Gasteiger charge is -2.22. The lowest BCUT2D eigenvalue weighted by Crippen LogP contribution is -2.15. The summed E-state index contributed by atoms with van der Waals surface area (Å²) >= 11 is 5.19. The molecule has 0 saturated carbocycles. The minimum atomic E-state index is 0.292. The molecule has 1 N–H and O–H groups in total. The molecule has 0 amide bonds. The standard InChI is InChI=1S/C15H15BrN2S/c1-10(2)15(14-4-3-7-19-14)18-12-6-5-11(9-17)13(16)8-12/h3-8,10,15,18H,1-2H3. The van der Waals surface area contributed by atoms with E-state index in [2.05, 4.69) is 58.7 Å². The van der Waals surface area contributed by atoms with Gasteiger partial charge in [-0.3, -0.25) is 0 Å². The Morgan fingerprint density at radius 3 is 2.63 bits per heavy atom. The lowest BCUT2D eigenvalue weighted by molar-refractivity contribution is 0.554. The van der Waals surface area contributed by atoms with Crippen molar-refractivity contribution in [2.24, 2.45) is 5.92 Å². The monoisotopic (exact) mass is 334 g/mol. The van der Waals surface area contributed by atoms with Crippen LogP contribution in [0.25, 0.3) is 0 Å². The van der Waals surface area contributed by atoms with E-state index in [0.29, 0.717) is 17.5 Å². The zero-order valence-electron chi connectivity index (χ0n) is 10.9. The van der Waals surface area contributed by atoms with Gasteiger partial charge < -0.3 is 5.32 Å². The fourth-order valence-corrected chi connectivity index (χ4v) is 3.33. The molecule has 1 aromatic heterocycles. The van der Waals surface area contributed by atoms with Crippen LogP contribution in [0.3, 0.4) is 0 Å². The number of benzene rings is 1. The quantitative estimate of drug-likeness (QED) is 0.834. The molecular weight excluding hydrogens is 320 g/mol. The van der Waals surface area contributed by atoms with Gasteiger partial charge in [-0.2, -0.15) is 5.26 Å². The summed E-state index contributed by atoms with van der Waals surface area (Å²) in [5.41, 5.74) is 1.68. The fraction of sp³-hybridized carbons (Fsp3) is 0.267. The van der Waals surface area contributed by atoms with Crippen LogP contribution in [0, 0.1) is 17.2 Å². The molecule has 1 aromatic carbocycles. The molecule has 2 rings (SSSR count). The zero-order chi connectivity index (χ0) is 13.8. The van der Waals surface area contributed by atoms with Crippen LogP contribution in [0.5, 0.6) is 0 Å². The average Bonchev–Trinajstić information content (AvgIpc) is 2.89. The Kier molecular flexibility index (Phi) is 4.62. The van der Waals surface area contributed by atoms with E-state index in [9.17, 15) is 0 Å². The van der Waals surface area contributed by atoms with Gasteiger partial charge in [-0.15, -0.1) is 11.3 Å². The number of nitrogens with zero attached hydrogens (tertiary/aromatic N) is 1. The van der Waals surface area contributed by atoms with Crippen LogP contribution < -0.4 is 5.32 Å². The van der Waals surface area contributed by atoms with Crippen molar-refractivity contribution in [2.75, 3.05) is 5.32 Å². The fourth-order valence-electron chi connectivity index (χ4n) is 1.91. The van der Waals surface area contributed by atoms with Gasteiger partial charge in [0.1, 0.15) is 6.07 Å². The molecule has 0 spiro atoms. The van der Waals surface area contributed by atoms with Crippen LogP contribution in [0.4, 0.5) is 5.69 Å². The molecule has 0 aliphatic heterocycles. The van der Waals surface area contributed by atoms with Gasteiger partial charge in [-0.25, -0.2) is 0 Å². The highest BCUT2D eigenvalue weighted by Crippen LogP contribution is 2.31. The van der Waals surface area contributed by atoms with Crippen LogP contribution in [0.15, 0.2) is 40.2 Å². The van der Waals surface area contributed by atoms with Crippen LogP contribution in [0.2, 0.25) is 0 Å². The van der Waals surface area contributed by atoms with Crippen molar-refractivity contribution >= 4 is 33.0 Å². The summed E-state index contributed by atoms with van der Waals surface area (Å²) in [6.45, 7) is 4.41. The first-order chi connectivity index (χ1) is 9.11. The summed E-state index contributed by atoms with van der Waals surface area (Å²) in [4.78, 5) is 1.33. The molecular formula is C15H15BrN2S. The predicted octanol–water partition coefficient (Wildman–Crippen LogP) is 5.19. The summed E-state index contributed by atoms with van der Waals surface area (Å²) < 4.78 is 0.827. The molecule has 0 bridgehead atoms. The molecule has 4 heteroatoms. The van der Waals surface area contributed by atoms with E-state index >= 15 is 0 Å². The minimum absolute atomic E-state index is 0.292. The Bertz CT molecular complexity index is 585. The van der Waals surface area contributed by atoms with Crippen LogP contribution in [0.1, 0.15) is 30.3 Å². The van der Waals surface area contributed by atoms with Crippen molar-refractivity contribution in [3.8, 4) is 6.07 Å². The smallest absolute Gasteiger partial charge is 0.100 e. The molecule has 0 aliphatic carbocycles. The molecule has 0 radical (unpaired) electrons. The van der Waals surface area contributed by atoms with Crippen LogP contribution in [-0.2, 0) is 0 Å². The van der Waals surface area contributed by atoms with E-state index in [0.717, 1.165) is 10.2 Å². The molecule has 19 heavy (non-hydrogen) atoms. The maximum Gasteiger partial charge on any atom is 0.100 e. The van der Waals surface area contributed by atoms with Gasteiger partial charge >= 0.3 is 0 Å². The first-order valence-corrected chi connectivity index (χ1v) is 7.78. The van der Waals surface area contributed by atoms with Crippen LogP contribution >= 0.6 is 27.3 Å². The van der Waals surface area contributed by atoms with Gasteiger partial charge in [0, 0.05) is 15.0 Å². The minimum Gasteiger partial charge on any atom is -0.377 e. The number of nitrogens with one attached hydrogen (secondary N) is 1. The molecule has 98 valence electrons. The van der Waals surface area contributed by atoms with E-state index in [-0.39, 0.29) is 0 Å². The molecule has 2 aromatic rings. The largest absolute Gasteiger partial charge is 0.377 e. The maximum absolute atomic E-state index is 8.93. The summed E-state index contributed by atoms with van der Waals surface area (Å²) in [7, 11) is 0. The topological polar surface area (TPSA) is 35.8 Å². The molecule has 0 aliphatic rings. The Morgan fingerprint density at radius 2 is 2.11 bits per heavy atom. The van der Waals surface area contributed by atoms with Crippen LogP contribution in [-0.4, -0.2) is 0 Å². The van der Waals surface area contributed by atoms with Gasteiger partial charge in [0.25, 0.3) is 0 Å². The summed E-state index contributed by atoms with van der Waals surface area (Å²) in [5.74, 6) is 0.494. The number of anilines is 1. The molecule has 1 heterocycles. The molecule has 1 unspecified atom stereocenters. The number of hydrogen-bond donors (Lipinski definition) is 1. The third-order valence-electron chi connectivity index (χ3n) is 2.93. The first-order valence-electron chi connectivity index (χ1n) is 6.11. The highest BCUT2D eigenvalue weighted by atomic mass is 79.9. The second-order valence-electron chi connectivity index (χ2n) is 4.69. The summed E-state index contributed by atoms with van der Waals surface area (Å²) in [6, 6.07) is 12.4. The van der Waals surface area contributed by atoms with Crippen molar-refractivity contribution in [3.05, 3.63) is 50.6 Å². The second-order valence-corrected chi connectivity index (χ2v) is 6.52. The SMILES string of the molecule is CC(C)C(Nc1ccc(C#N)c(Br)c1)c1cccs1. The Hall–Kier alpha value is -1.31. The van der Waals surface area contributed by atoms with Crippen molar-refractivity contribution in [2.45, 2.75) is 19.9 Å². The maximum atomic E-state index is 8.93. The highest BCUT2D eigenvalue weighted by molar-refractivity contribution is 9.10. The summed E-state index contributed by atoms with van der Waals surface area (Å²) in [5, 5.41) is 14.6. The van der Waals surface area contributed by atoms with E-state index in [4.69, 9.17) is 5.26 Å². The highest BCUT2D eigenvalue weighted by Gasteiger charge is 2.16. The summed E-state index contributed by atoms with van der Waals surface area (Å²) in [6.07, 6.45) is 0. The van der Waals surface area contributed by atoms with E-state index in [1.54, 1.807) is 11.3 Å². The second kappa shape index (κ2) is 6.23. The molecule has 0 fully saturated rings. The van der Waals surface area contributed by atoms with Gasteiger partial charge in [0.15, 0.2) is 0 Å². The Labute approximate surface area is 126 Å². The van der Waals surface area contributed by atoms with Gasteiger partial charge in [-0.05, 0) is 51.5 Å². The number of rotatable bonds is 4. The lowest BCUT2D eigenvalue weighted by atomic mass is 10.0. The van der Waals surface area contributed by atoms with Crippen molar-refractivity contribution in [1.29, 1.82) is 5.26 Å². The first kappa shape index (κ1) is 14.1. The number of thiophene rings is 1. The zero-order valence-corrected chi connectivity index (χ0v) is 13.3. The van der Waals surface area contributed by atoms with Crippen molar-refractivity contribution in [1.82, 2.24) is 0 Å². The molecule has 0 saturated heterocycles. The number of nitriles is 1. The normalized spacial score (nSPS) is 12.2. The Morgan fingerprint density at radius 1 is 1.32 bits per heavy atom. The number of halogens is 1. The van der Waals surface area contributed by atoms with Crippen molar-refractivity contribution in [3.63, 3.8) is 0 Å². The van der Waals surface area contributed by atoms with E-state index < -0.39 is 0 Å². The molecule has 2 nitrogen and oxygen atoms in total. The predicted molar refractivity (Wildman–Crippen MR) is 84.4 cm³/mol. The van der Waals surface area contributed by atoms with E-state index in [1.807, 2.05) is 18.2 Å². The van der Waals surface area contributed by atoms with Gasteiger partial charge in [0.05, 0.1) is 11.6 Å².